The molecule has 4 nitrogen and oxygen atoms in total. The van der Waals surface area contributed by atoms with Gasteiger partial charge in [-0.2, -0.15) is 0 Å². The minimum Gasteiger partial charge on any atom is -0.490 e. The molecule has 2 atom stereocenters. The lowest BCUT2D eigenvalue weighted by Gasteiger charge is -2.26. The highest BCUT2D eigenvalue weighted by Gasteiger charge is 2.32. The third-order valence-corrected chi connectivity index (χ3v) is 3.11. The Bertz CT molecular complexity index is 469. The molecular formula is C16H25NO3. The molecule has 0 saturated heterocycles. The van der Waals surface area contributed by atoms with E-state index in [4.69, 9.17) is 15.2 Å². The third-order valence-electron chi connectivity index (χ3n) is 3.11. The zero-order valence-electron chi connectivity index (χ0n) is 13.0. The normalized spacial score (nSPS) is 15.3. The van der Waals surface area contributed by atoms with Gasteiger partial charge in [-0.3, -0.25) is 4.79 Å². The van der Waals surface area contributed by atoms with Crippen LogP contribution in [0.15, 0.2) is 18.2 Å². The first-order chi connectivity index (χ1) is 9.26. The third kappa shape index (κ3) is 4.53. The number of nitrogens with two attached hydrogens (primary N) is 1. The van der Waals surface area contributed by atoms with Gasteiger partial charge < -0.3 is 15.2 Å². The average molecular weight is 279 g/mol. The number of ether oxygens (including phenoxy) is 2. The average Bonchev–Trinajstić information content (AvgIpc) is 2.32. The van der Waals surface area contributed by atoms with Crippen LogP contribution in [0, 0.1) is 13.8 Å². The van der Waals surface area contributed by atoms with E-state index in [0.29, 0.717) is 13.0 Å². The van der Waals surface area contributed by atoms with E-state index in [9.17, 15) is 4.79 Å². The van der Waals surface area contributed by atoms with E-state index < -0.39 is 11.5 Å². The minimum absolute atomic E-state index is 0.171. The van der Waals surface area contributed by atoms with Crippen molar-refractivity contribution in [2.75, 3.05) is 6.61 Å². The molecule has 1 aromatic rings. The highest BCUT2D eigenvalue weighted by atomic mass is 16.5. The summed E-state index contributed by atoms with van der Waals surface area (Å²) < 4.78 is 10.9. The summed E-state index contributed by atoms with van der Waals surface area (Å²) in [6.45, 7) is 9.72. The smallest absolute Gasteiger partial charge is 0.325 e. The van der Waals surface area contributed by atoms with E-state index in [1.54, 1.807) is 13.8 Å². The fourth-order valence-electron chi connectivity index (χ4n) is 2.17. The quantitative estimate of drug-likeness (QED) is 0.813. The van der Waals surface area contributed by atoms with Crippen molar-refractivity contribution in [2.24, 2.45) is 5.73 Å². The van der Waals surface area contributed by atoms with Gasteiger partial charge in [-0.25, -0.2) is 0 Å². The van der Waals surface area contributed by atoms with Crippen LogP contribution < -0.4 is 10.5 Å². The zero-order chi connectivity index (χ0) is 15.3. The van der Waals surface area contributed by atoms with Crippen molar-refractivity contribution >= 4 is 5.97 Å². The molecule has 112 valence electrons. The molecule has 0 aliphatic heterocycles. The lowest BCUT2D eigenvalue weighted by Crippen LogP contribution is -2.49. The second-order valence-corrected chi connectivity index (χ2v) is 5.54. The van der Waals surface area contributed by atoms with E-state index in [1.165, 1.54) is 5.56 Å². The molecule has 0 radical (unpaired) electrons. The Morgan fingerprint density at radius 2 is 2.05 bits per heavy atom. The molecule has 2 N–H and O–H groups in total. The second kappa shape index (κ2) is 6.75. The van der Waals surface area contributed by atoms with E-state index in [-0.39, 0.29) is 6.10 Å². The predicted molar refractivity (Wildman–Crippen MR) is 79.8 cm³/mol. The Balaban J connectivity index is 2.67. The SMILES string of the molecule is CCOC(=O)C(C)(N)CC(C)Oc1ccc(C)cc1C. The van der Waals surface area contributed by atoms with Crippen LogP contribution in [0.3, 0.4) is 0 Å². The summed E-state index contributed by atoms with van der Waals surface area (Å²) in [7, 11) is 0. The van der Waals surface area contributed by atoms with Crippen molar-refractivity contribution in [3.05, 3.63) is 29.3 Å². The van der Waals surface area contributed by atoms with Crippen molar-refractivity contribution in [1.82, 2.24) is 0 Å². The molecule has 20 heavy (non-hydrogen) atoms. The number of aryl methyl sites for hydroxylation is 2. The molecule has 0 aromatic heterocycles. The summed E-state index contributed by atoms with van der Waals surface area (Å²) in [5.74, 6) is 0.429. The number of carbonyl (C=O) groups excluding carboxylic acids is 1. The van der Waals surface area contributed by atoms with Gasteiger partial charge in [-0.1, -0.05) is 17.7 Å². The molecule has 0 aliphatic carbocycles. The molecule has 0 bridgehead atoms. The van der Waals surface area contributed by atoms with Crippen molar-refractivity contribution < 1.29 is 14.3 Å². The van der Waals surface area contributed by atoms with Crippen LogP contribution in [0.2, 0.25) is 0 Å². The van der Waals surface area contributed by atoms with E-state index in [1.807, 2.05) is 32.9 Å². The fraction of sp³-hybridized carbons (Fsp3) is 0.562. The van der Waals surface area contributed by atoms with Crippen molar-refractivity contribution in [2.45, 2.75) is 52.7 Å². The highest BCUT2D eigenvalue weighted by Crippen LogP contribution is 2.22. The first-order valence-electron chi connectivity index (χ1n) is 6.96. The number of rotatable bonds is 6. The summed E-state index contributed by atoms with van der Waals surface area (Å²) in [6.07, 6.45) is 0.231. The van der Waals surface area contributed by atoms with E-state index in [0.717, 1.165) is 11.3 Å². The van der Waals surface area contributed by atoms with Crippen molar-refractivity contribution in [3.8, 4) is 5.75 Å². The molecule has 1 aromatic carbocycles. The molecule has 0 spiro atoms. The maximum absolute atomic E-state index is 11.8. The predicted octanol–water partition coefficient (Wildman–Crippen LogP) is 2.74. The largest absolute Gasteiger partial charge is 0.490 e. The second-order valence-electron chi connectivity index (χ2n) is 5.54. The lowest BCUT2D eigenvalue weighted by atomic mass is 9.96. The van der Waals surface area contributed by atoms with Gasteiger partial charge in [0, 0.05) is 6.42 Å². The maximum atomic E-state index is 11.8. The van der Waals surface area contributed by atoms with Gasteiger partial charge in [0.1, 0.15) is 11.3 Å². The van der Waals surface area contributed by atoms with Crippen LogP contribution in [0.1, 0.15) is 38.3 Å². The Labute approximate surface area is 121 Å². The van der Waals surface area contributed by atoms with Crippen LogP contribution in [-0.4, -0.2) is 24.2 Å². The van der Waals surface area contributed by atoms with Gasteiger partial charge in [0.2, 0.25) is 0 Å². The molecule has 1 rings (SSSR count). The van der Waals surface area contributed by atoms with Crippen molar-refractivity contribution in [1.29, 1.82) is 0 Å². The number of carbonyl (C=O) groups is 1. The Morgan fingerprint density at radius 3 is 2.60 bits per heavy atom. The lowest BCUT2D eigenvalue weighted by molar-refractivity contribution is -0.149. The molecule has 4 heteroatoms. The number of esters is 1. The van der Waals surface area contributed by atoms with Crippen LogP contribution in [0.5, 0.6) is 5.75 Å². The van der Waals surface area contributed by atoms with Gasteiger partial charge in [-0.05, 0) is 46.2 Å². The van der Waals surface area contributed by atoms with E-state index in [2.05, 4.69) is 6.07 Å². The molecule has 0 heterocycles. The zero-order valence-corrected chi connectivity index (χ0v) is 13.0. The molecule has 0 saturated carbocycles. The van der Waals surface area contributed by atoms with Crippen molar-refractivity contribution in [3.63, 3.8) is 0 Å². The Kier molecular flexibility index (Phi) is 5.57. The van der Waals surface area contributed by atoms with Gasteiger partial charge >= 0.3 is 5.97 Å². The van der Waals surface area contributed by atoms with Crippen LogP contribution in [0.25, 0.3) is 0 Å². The van der Waals surface area contributed by atoms with Gasteiger partial charge in [-0.15, -0.1) is 0 Å². The molecule has 0 amide bonds. The van der Waals surface area contributed by atoms with Crippen LogP contribution in [-0.2, 0) is 9.53 Å². The molecule has 0 fully saturated rings. The van der Waals surface area contributed by atoms with Crippen LogP contribution in [0.4, 0.5) is 0 Å². The minimum atomic E-state index is -1.03. The van der Waals surface area contributed by atoms with Crippen LogP contribution >= 0.6 is 0 Å². The molecule has 0 aliphatic rings. The van der Waals surface area contributed by atoms with Gasteiger partial charge in [0.15, 0.2) is 0 Å². The standard InChI is InChI=1S/C16H25NO3/c1-6-19-15(18)16(5,17)10-13(4)20-14-8-7-11(2)9-12(14)3/h7-9,13H,6,10,17H2,1-5H3. The monoisotopic (exact) mass is 279 g/mol. The fourth-order valence-corrected chi connectivity index (χ4v) is 2.17. The molecular weight excluding hydrogens is 254 g/mol. The Morgan fingerprint density at radius 1 is 1.40 bits per heavy atom. The topological polar surface area (TPSA) is 61.5 Å². The van der Waals surface area contributed by atoms with Gasteiger partial charge in [0.05, 0.1) is 12.7 Å². The molecule has 2 unspecified atom stereocenters. The summed E-state index contributed by atoms with van der Waals surface area (Å²) in [5, 5.41) is 0. The number of benzene rings is 1. The summed E-state index contributed by atoms with van der Waals surface area (Å²) >= 11 is 0. The maximum Gasteiger partial charge on any atom is 0.325 e. The highest BCUT2D eigenvalue weighted by molar-refractivity contribution is 5.80. The first kappa shape index (κ1) is 16.5. The summed E-state index contributed by atoms with van der Waals surface area (Å²) in [4.78, 5) is 11.8. The summed E-state index contributed by atoms with van der Waals surface area (Å²) in [6, 6.07) is 6.01. The summed E-state index contributed by atoms with van der Waals surface area (Å²) in [5.41, 5.74) is 7.24. The number of hydrogen-bond acceptors (Lipinski definition) is 4. The first-order valence-corrected chi connectivity index (χ1v) is 6.96. The Hall–Kier alpha value is -1.55. The van der Waals surface area contributed by atoms with E-state index >= 15 is 0 Å². The van der Waals surface area contributed by atoms with Gasteiger partial charge in [0.25, 0.3) is 0 Å². The number of hydrogen-bond donors (Lipinski definition) is 1.